The molecule has 0 amide bonds. The highest BCUT2D eigenvalue weighted by Crippen LogP contribution is 2.29. The van der Waals surface area contributed by atoms with Gasteiger partial charge in [-0.2, -0.15) is 0 Å². The zero-order chi connectivity index (χ0) is 16.7. The number of aromatic carboxylic acids is 1. The van der Waals surface area contributed by atoms with E-state index in [4.69, 9.17) is 9.84 Å². The van der Waals surface area contributed by atoms with Crippen molar-refractivity contribution >= 4 is 11.5 Å². The second-order valence-corrected chi connectivity index (χ2v) is 5.60. The quantitative estimate of drug-likeness (QED) is 0.839. The van der Waals surface area contributed by atoms with Gasteiger partial charge in [-0.3, -0.25) is 9.59 Å². The van der Waals surface area contributed by atoms with Gasteiger partial charge in [-0.05, 0) is 19.3 Å². The van der Waals surface area contributed by atoms with Gasteiger partial charge >= 0.3 is 5.97 Å². The van der Waals surface area contributed by atoms with E-state index in [-0.39, 0.29) is 17.3 Å². The average Bonchev–Trinajstić information content (AvgIpc) is 2.93. The number of hydrogen-bond donors (Lipinski definition) is 2. The van der Waals surface area contributed by atoms with Gasteiger partial charge in [-0.15, -0.1) is 0 Å². The summed E-state index contributed by atoms with van der Waals surface area (Å²) < 4.78 is 7.76. The Morgan fingerprint density at radius 2 is 2.04 bits per heavy atom. The van der Waals surface area contributed by atoms with Crippen molar-refractivity contribution < 1.29 is 19.7 Å². The Hall–Kier alpha value is -2.61. The standard InChI is InChI=1S/C15H16N2O6/c1-23-13-11-14(20)17(8-2-3-9(18)6-8)5-4-16(11)7-10(12(13)19)15(21)22/h4-5,7-9,18H,2-3,6H2,1H3,(H,21,22)/t8-,9+/m0/s1. The number of methoxy groups -OCH3 is 1. The van der Waals surface area contributed by atoms with Gasteiger partial charge in [0.25, 0.3) is 5.56 Å². The van der Waals surface area contributed by atoms with Gasteiger partial charge in [0.1, 0.15) is 5.56 Å². The fraction of sp³-hybridized carbons (Fsp3) is 0.400. The molecule has 0 unspecified atom stereocenters. The van der Waals surface area contributed by atoms with Crippen LogP contribution < -0.4 is 15.7 Å². The normalized spacial score (nSPS) is 20.8. The average molecular weight is 320 g/mol. The van der Waals surface area contributed by atoms with Crippen LogP contribution in [0.5, 0.6) is 5.75 Å². The lowest BCUT2D eigenvalue weighted by Crippen LogP contribution is -2.29. The van der Waals surface area contributed by atoms with Crippen molar-refractivity contribution in [3.8, 4) is 5.75 Å². The van der Waals surface area contributed by atoms with Crippen molar-refractivity contribution in [2.24, 2.45) is 0 Å². The van der Waals surface area contributed by atoms with Crippen molar-refractivity contribution in [2.75, 3.05) is 7.11 Å². The molecule has 2 aromatic heterocycles. The number of carbonyl (C=O) groups is 1. The summed E-state index contributed by atoms with van der Waals surface area (Å²) in [5, 5.41) is 18.7. The van der Waals surface area contributed by atoms with E-state index in [1.165, 1.54) is 28.5 Å². The molecule has 0 aliphatic heterocycles. The number of hydrogen-bond acceptors (Lipinski definition) is 5. The van der Waals surface area contributed by atoms with E-state index < -0.39 is 28.6 Å². The maximum Gasteiger partial charge on any atom is 0.341 e. The second kappa shape index (κ2) is 5.54. The number of rotatable bonds is 3. The fourth-order valence-corrected chi connectivity index (χ4v) is 3.08. The third-order valence-corrected chi connectivity index (χ3v) is 4.22. The van der Waals surface area contributed by atoms with Crippen molar-refractivity contribution in [2.45, 2.75) is 31.4 Å². The number of aliphatic hydroxyl groups excluding tert-OH is 1. The molecule has 2 aromatic rings. The Kier molecular flexibility index (Phi) is 3.69. The van der Waals surface area contributed by atoms with Gasteiger partial charge in [0, 0.05) is 24.6 Å². The zero-order valence-corrected chi connectivity index (χ0v) is 12.4. The zero-order valence-electron chi connectivity index (χ0n) is 12.4. The van der Waals surface area contributed by atoms with Crippen LogP contribution in [0.3, 0.4) is 0 Å². The minimum absolute atomic E-state index is 0.00797. The number of ether oxygens (including phenoxy) is 1. The van der Waals surface area contributed by atoms with E-state index in [0.29, 0.717) is 19.3 Å². The number of aliphatic hydroxyl groups is 1. The first kappa shape index (κ1) is 15.3. The summed E-state index contributed by atoms with van der Waals surface area (Å²) in [6.07, 6.45) is 5.46. The molecule has 3 rings (SSSR count). The molecule has 2 N–H and O–H groups in total. The highest BCUT2D eigenvalue weighted by Gasteiger charge is 2.26. The summed E-state index contributed by atoms with van der Waals surface area (Å²) in [5.41, 5.74) is -1.75. The summed E-state index contributed by atoms with van der Waals surface area (Å²) in [4.78, 5) is 36.1. The molecule has 8 heteroatoms. The molecule has 122 valence electrons. The first-order valence-electron chi connectivity index (χ1n) is 7.19. The Bertz CT molecular complexity index is 897. The lowest BCUT2D eigenvalue weighted by Gasteiger charge is -2.16. The minimum atomic E-state index is -1.38. The van der Waals surface area contributed by atoms with Crippen molar-refractivity contribution in [1.82, 2.24) is 8.97 Å². The lowest BCUT2D eigenvalue weighted by atomic mass is 10.2. The topological polar surface area (TPSA) is 110 Å². The predicted molar refractivity (Wildman–Crippen MR) is 80.3 cm³/mol. The Labute approximate surface area is 130 Å². The SMILES string of the molecule is COc1c(=O)c(C(=O)O)cn2ccn([C@H]3CC[C@@H](O)C3)c(=O)c12. The van der Waals surface area contributed by atoms with E-state index in [2.05, 4.69) is 0 Å². The molecule has 1 aliphatic carbocycles. The van der Waals surface area contributed by atoms with Crippen molar-refractivity contribution in [1.29, 1.82) is 0 Å². The molecule has 2 heterocycles. The number of carboxylic acids is 1. The number of aromatic nitrogens is 2. The summed E-state index contributed by atoms with van der Waals surface area (Å²) in [7, 11) is 1.22. The fourth-order valence-electron chi connectivity index (χ4n) is 3.08. The highest BCUT2D eigenvalue weighted by atomic mass is 16.5. The monoisotopic (exact) mass is 320 g/mol. The van der Waals surface area contributed by atoms with Crippen LogP contribution in [0.4, 0.5) is 0 Å². The van der Waals surface area contributed by atoms with E-state index in [1.807, 2.05) is 0 Å². The van der Waals surface area contributed by atoms with E-state index in [9.17, 15) is 19.5 Å². The van der Waals surface area contributed by atoms with Crippen LogP contribution >= 0.6 is 0 Å². The molecule has 1 aliphatic rings. The maximum atomic E-state index is 12.7. The molecular weight excluding hydrogens is 304 g/mol. The lowest BCUT2D eigenvalue weighted by molar-refractivity contribution is 0.0694. The van der Waals surface area contributed by atoms with Crippen LogP contribution in [-0.2, 0) is 0 Å². The van der Waals surface area contributed by atoms with Crippen molar-refractivity contribution in [3.63, 3.8) is 0 Å². The number of fused-ring (bicyclic) bond motifs is 1. The largest absolute Gasteiger partial charge is 0.491 e. The van der Waals surface area contributed by atoms with Crippen LogP contribution in [-0.4, -0.2) is 38.4 Å². The van der Waals surface area contributed by atoms with Gasteiger partial charge < -0.3 is 23.9 Å². The molecule has 0 bridgehead atoms. The molecule has 0 saturated heterocycles. The number of carboxylic acid groups (broad SMARTS) is 1. The van der Waals surface area contributed by atoms with Gasteiger partial charge in [-0.25, -0.2) is 4.79 Å². The first-order chi connectivity index (χ1) is 10.9. The van der Waals surface area contributed by atoms with Crippen LogP contribution in [0.2, 0.25) is 0 Å². The van der Waals surface area contributed by atoms with Gasteiger partial charge in [0.2, 0.25) is 5.43 Å². The molecule has 2 atom stereocenters. The molecule has 0 aromatic carbocycles. The molecule has 1 saturated carbocycles. The molecule has 1 fully saturated rings. The Morgan fingerprint density at radius 1 is 1.30 bits per heavy atom. The number of pyridine rings is 1. The van der Waals surface area contributed by atoms with Gasteiger partial charge in [0.05, 0.1) is 13.2 Å². The Balaban J connectivity index is 2.29. The van der Waals surface area contributed by atoms with Crippen molar-refractivity contribution in [3.05, 3.63) is 44.7 Å². The molecule has 0 spiro atoms. The first-order valence-corrected chi connectivity index (χ1v) is 7.19. The van der Waals surface area contributed by atoms with E-state index in [1.54, 1.807) is 0 Å². The van der Waals surface area contributed by atoms with E-state index in [0.717, 1.165) is 6.20 Å². The summed E-state index contributed by atoms with van der Waals surface area (Å²) in [6.45, 7) is 0. The molecule has 23 heavy (non-hydrogen) atoms. The van der Waals surface area contributed by atoms with Crippen LogP contribution in [0.25, 0.3) is 5.52 Å². The minimum Gasteiger partial charge on any atom is -0.491 e. The van der Waals surface area contributed by atoms with Crippen LogP contribution in [0, 0.1) is 0 Å². The summed E-state index contributed by atoms with van der Waals surface area (Å²) in [5.74, 6) is -1.67. The smallest absolute Gasteiger partial charge is 0.341 e. The third kappa shape index (κ3) is 2.40. The predicted octanol–water partition coefficient (Wildman–Crippen LogP) is 0.254. The van der Waals surface area contributed by atoms with Crippen LogP contribution in [0.15, 0.2) is 28.2 Å². The Morgan fingerprint density at radius 3 is 2.61 bits per heavy atom. The maximum absolute atomic E-state index is 12.7. The summed E-state index contributed by atoms with van der Waals surface area (Å²) in [6, 6.07) is -0.151. The van der Waals surface area contributed by atoms with Crippen LogP contribution in [0.1, 0.15) is 35.7 Å². The third-order valence-electron chi connectivity index (χ3n) is 4.22. The number of nitrogens with zero attached hydrogens (tertiary/aromatic N) is 2. The summed E-state index contributed by atoms with van der Waals surface area (Å²) >= 11 is 0. The van der Waals surface area contributed by atoms with Gasteiger partial charge in [-0.1, -0.05) is 0 Å². The molecule has 0 radical (unpaired) electrons. The molecule has 8 nitrogen and oxygen atoms in total. The van der Waals surface area contributed by atoms with Gasteiger partial charge in [0.15, 0.2) is 11.3 Å². The molecular formula is C15H16N2O6. The highest BCUT2D eigenvalue weighted by molar-refractivity contribution is 5.88. The van der Waals surface area contributed by atoms with E-state index >= 15 is 0 Å². The second-order valence-electron chi connectivity index (χ2n) is 5.60.